The fourth-order valence-electron chi connectivity index (χ4n) is 2.17. The Balaban J connectivity index is 2.20. The number of hydrogen-bond donors (Lipinski definition) is 1. The Morgan fingerprint density at radius 3 is 2.43 bits per heavy atom. The summed E-state index contributed by atoms with van der Waals surface area (Å²) in [5.74, 6) is 0. The van der Waals surface area contributed by atoms with Gasteiger partial charge in [-0.05, 0) is 31.0 Å². The van der Waals surface area contributed by atoms with Gasteiger partial charge in [0, 0.05) is 11.8 Å². The van der Waals surface area contributed by atoms with E-state index >= 15 is 0 Å². The van der Waals surface area contributed by atoms with Crippen LogP contribution in [0.1, 0.15) is 30.5 Å². The molecular weight excluding hydrogens is 288 g/mol. The normalized spacial score (nSPS) is 12.0. The molecule has 21 heavy (non-hydrogen) atoms. The molecule has 1 unspecified atom stereocenters. The lowest BCUT2D eigenvalue weighted by Gasteiger charge is -2.19. The van der Waals surface area contributed by atoms with Crippen molar-refractivity contribution in [2.45, 2.75) is 26.3 Å². The molecule has 0 aromatic heterocycles. The van der Waals surface area contributed by atoms with E-state index in [1.54, 1.807) is 12.1 Å². The van der Waals surface area contributed by atoms with Crippen LogP contribution in [0.4, 0.5) is 11.4 Å². The average molecular weight is 305 g/mol. The number of aryl methyl sites for hydroxylation is 1. The first-order chi connectivity index (χ1) is 10.0. The molecule has 2 rings (SSSR count). The molecule has 0 aliphatic rings. The molecule has 0 bridgehead atoms. The van der Waals surface area contributed by atoms with Gasteiger partial charge in [-0.15, -0.1) is 0 Å². The fraction of sp³-hybridized carbons (Fsp3) is 0.250. The van der Waals surface area contributed by atoms with Crippen LogP contribution in [0.25, 0.3) is 0 Å². The molecule has 4 nitrogen and oxygen atoms in total. The number of halogens is 1. The molecule has 5 heteroatoms. The number of hydrogen-bond acceptors (Lipinski definition) is 3. The van der Waals surface area contributed by atoms with Crippen molar-refractivity contribution < 1.29 is 4.92 Å². The fourth-order valence-corrected chi connectivity index (χ4v) is 2.42. The zero-order valence-electron chi connectivity index (χ0n) is 12.0. The number of nitrogens with zero attached hydrogens (tertiary/aromatic N) is 1. The van der Waals surface area contributed by atoms with Crippen LogP contribution in [0, 0.1) is 17.0 Å². The molecule has 110 valence electrons. The van der Waals surface area contributed by atoms with Gasteiger partial charge in [0.25, 0.3) is 5.69 Å². The van der Waals surface area contributed by atoms with Crippen LogP contribution in [-0.4, -0.2) is 4.92 Å². The molecule has 0 heterocycles. The third-order valence-corrected chi connectivity index (χ3v) is 3.68. The Kier molecular flexibility index (Phi) is 4.81. The van der Waals surface area contributed by atoms with Crippen molar-refractivity contribution >= 4 is 23.0 Å². The van der Waals surface area contributed by atoms with E-state index < -0.39 is 4.92 Å². The number of nitro groups is 1. The SMILES string of the molecule is CCC(Nc1ccc([N+](=O)[O-])c(Cl)c1)c1ccc(C)cc1. The molecule has 0 amide bonds. The van der Waals surface area contributed by atoms with Gasteiger partial charge in [0.2, 0.25) is 0 Å². The van der Waals surface area contributed by atoms with E-state index in [2.05, 4.69) is 36.5 Å². The molecule has 0 saturated heterocycles. The molecule has 0 aliphatic heterocycles. The summed E-state index contributed by atoms with van der Waals surface area (Å²) >= 11 is 5.94. The van der Waals surface area contributed by atoms with Gasteiger partial charge in [-0.2, -0.15) is 0 Å². The summed E-state index contributed by atoms with van der Waals surface area (Å²) in [5, 5.41) is 14.3. The van der Waals surface area contributed by atoms with Gasteiger partial charge in [0.05, 0.1) is 11.0 Å². The maximum absolute atomic E-state index is 10.8. The standard InChI is InChI=1S/C16H17ClN2O2/c1-3-15(12-6-4-11(2)5-7-12)18-13-8-9-16(19(20)21)14(17)10-13/h4-10,15,18H,3H2,1-2H3. The smallest absolute Gasteiger partial charge is 0.288 e. The van der Waals surface area contributed by atoms with E-state index in [4.69, 9.17) is 11.6 Å². The van der Waals surface area contributed by atoms with E-state index in [1.165, 1.54) is 17.2 Å². The molecule has 2 aromatic rings. The predicted octanol–water partition coefficient (Wildman–Crippen LogP) is 5.12. The van der Waals surface area contributed by atoms with E-state index in [0.717, 1.165) is 12.1 Å². The van der Waals surface area contributed by atoms with Crippen LogP contribution in [0.5, 0.6) is 0 Å². The first-order valence-electron chi connectivity index (χ1n) is 6.78. The van der Waals surface area contributed by atoms with Gasteiger partial charge in [-0.25, -0.2) is 0 Å². The predicted molar refractivity (Wildman–Crippen MR) is 85.9 cm³/mol. The first kappa shape index (κ1) is 15.3. The Bertz CT molecular complexity index is 641. The third-order valence-electron chi connectivity index (χ3n) is 3.37. The van der Waals surface area contributed by atoms with Crippen LogP contribution < -0.4 is 5.32 Å². The van der Waals surface area contributed by atoms with Crippen LogP contribution >= 0.6 is 11.6 Å². The topological polar surface area (TPSA) is 55.2 Å². The van der Waals surface area contributed by atoms with E-state index in [9.17, 15) is 10.1 Å². The van der Waals surface area contributed by atoms with Crippen LogP contribution in [-0.2, 0) is 0 Å². The lowest BCUT2D eigenvalue weighted by molar-refractivity contribution is -0.384. The molecule has 1 atom stereocenters. The Hall–Kier alpha value is -2.07. The summed E-state index contributed by atoms with van der Waals surface area (Å²) in [4.78, 5) is 10.3. The molecule has 1 N–H and O–H groups in total. The minimum absolute atomic E-state index is 0.0781. The van der Waals surface area contributed by atoms with Crippen molar-refractivity contribution in [2.75, 3.05) is 5.32 Å². The molecule has 0 saturated carbocycles. The van der Waals surface area contributed by atoms with Crippen molar-refractivity contribution in [3.8, 4) is 0 Å². The van der Waals surface area contributed by atoms with Gasteiger partial charge in [-0.1, -0.05) is 48.4 Å². The maximum Gasteiger partial charge on any atom is 0.288 e. The molecule has 0 fully saturated rings. The largest absolute Gasteiger partial charge is 0.378 e. The van der Waals surface area contributed by atoms with Gasteiger partial charge in [0.15, 0.2) is 0 Å². The highest BCUT2D eigenvalue weighted by atomic mass is 35.5. The van der Waals surface area contributed by atoms with Crippen LogP contribution in [0.3, 0.4) is 0 Å². The van der Waals surface area contributed by atoms with E-state index in [1.807, 2.05) is 6.92 Å². The van der Waals surface area contributed by atoms with Gasteiger partial charge >= 0.3 is 0 Å². The van der Waals surface area contributed by atoms with Crippen molar-refractivity contribution in [3.05, 3.63) is 68.7 Å². The summed E-state index contributed by atoms with van der Waals surface area (Å²) in [7, 11) is 0. The van der Waals surface area contributed by atoms with Crippen molar-refractivity contribution in [1.82, 2.24) is 0 Å². The molecule has 0 radical (unpaired) electrons. The molecule has 0 spiro atoms. The summed E-state index contributed by atoms with van der Waals surface area (Å²) < 4.78 is 0. The monoisotopic (exact) mass is 304 g/mol. The third kappa shape index (κ3) is 3.73. The summed E-state index contributed by atoms with van der Waals surface area (Å²) in [6, 6.07) is 13.2. The second kappa shape index (κ2) is 6.59. The highest BCUT2D eigenvalue weighted by molar-refractivity contribution is 6.32. The molecule has 2 aromatic carbocycles. The minimum atomic E-state index is -0.483. The Morgan fingerprint density at radius 2 is 1.90 bits per heavy atom. The van der Waals surface area contributed by atoms with Gasteiger partial charge in [-0.3, -0.25) is 10.1 Å². The van der Waals surface area contributed by atoms with Gasteiger partial charge < -0.3 is 5.32 Å². The highest BCUT2D eigenvalue weighted by Gasteiger charge is 2.14. The lowest BCUT2D eigenvalue weighted by Crippen LogP contribution is -2.09. The van der Waals surface area contributed by atoms with Crippen molar-refractivity contribution in [1.29, 1.82) is 0 Å². The second-order valence-corrected chi connectivity index (χ2v) is 5.35. The second-order valence-electron chi connectivity index (χ2n) is 4.94. The summed E-state index contributed by atoms with van der Waals surface area (Å²) in [5.41, 5.74) is 3.09. The number of rotatable bonds is 5. The number of nitrogens with one attached hydrogen (secondary N) is 1. The zero-order chi connectivity index (χ0) is 15.4. The number of nitro benzene ring substituents is 1. The van der Waals surface area contributed by atoms with Crippen molar-refractivity contribution in [2.24, 2.45) is 0 Å². The minimum Gasteiger partial charge on any atom is -0.378 e. The number of anilines is 1. The van der Waals surface area contributed by atoms with Gasteiger partial charge in [0.1, 0.15) is 5.02 Å². The Morgan fingerprint density at radius 1 is 1.24 bits per heavy atom. The average Bonchev–Trinajstić information content (AvgIpc) is 2.45. The summed E-state index contributed by atoms with van der Waals surface area (Å²) in [6.45, 7) is 4.14. The Labute approximate surface area is 128 Å². The maximum atomic E-state index is 10.8. The number of benzene rings is 2. The van der Waals surface area contributed by atoms with E-state index in [0.29, 0.717) is 0 Å². The molecular formula is C16H17ClN2O2. The van der Waals surface area contributed by atoms with E-state index in [-0.39, 0.29) is 16.8 Å². The van der Waals surface area contributed by atoms with Crippen LogP contribution in [0.2, 0.25) is 5.02 Å². The highest BCUT2D eigenvalue weighted by Crippen LogP contribution is 2.30. The molecule has 0 aliphatic carbocycles. The van der Waals surface area contributed by atoms with Crippen LogP contribution in [0.15, 0.2) is 42.5 Å². The first-order valence-corrected chi connectivity index (χ1v) is 7.16. The lowest BCUT2D eigenvalue weighted by atomic mass is 10.0. The summed E-state index contributed by atoms with van der Waals surface area (Å²) in [6.07, 6.45) is 0.900. The van der Waals surface area contributed by atoms with Crippen molar-refractivity contribution in [3.63, 3.8) is 0 Å². The zero-order valence-corrected chi connectivity index (χ0v) is 12.7. The quantitative estimate of drug-likeness (QED) is 0.616.